The zero-order valence-electron chi connectivity index (χ0n) is 7.25. The first kappa shape index (κ1) is 9.86. The van der Waals surface area contributed by atoms with Gasteiger partial charge < -0.3 is 10.8 Å². The predicted octanol–water partition coefficient (Wildman–Crippen LogP) is 0.932. The molecule has 0 bridgehead atoms. The van der Waals surface area contributed by atoms with Gasteiger partial charge in [0.05, 0.1) is 0 Å². The molecule has 0 aromatic heterocycles. The maximum atomic E-state index is 10.6. The molecule has 0 heterocycles. The van der Waals surface area contributed by atoms with Crippen LogP contribution in [0.5, 0.6) is 0 Å². The van der Waals surface area contributed by atoms with E-state index in [0.29, 0.717) is 5.75 Å². The number of carbonyl (C=O) groups is 1. The summed E-state index contributed by atoms with van der Waals surface area (Å²) in [5, 5.41) is 8.68. The Morgan fingerprint density at radius 1 is 1.75 bits per heavy atom. The third-order valence-corrected chi connectivity index (χ3v) is 3.45. The quantitative estimate of drug-likeness (QED) is 0.675. The molecule has 1 aliphatic rings. The highest BCUT2D eigenvalue weighted by Crippen LogP contribution is 2.32. The van der Waals surface area contributed by atoms with Crippen LogP contribution in [0.2, 0.25) is 0 Å². The summed E-state index contributed by atoms with van der Waals surface area (Å²) in [7, 11) is 0. The Hall–Kier alpha value is -0.220. The van der Waals surface area contributed by atoms with E-state index in [1.807, 2.05) is 0 Å². The van der Waals surface area contributed by atoms with E-state index < -0.39 is 11.5 Å². The minimum absolute atomic E-state index is 0.513. The number of nitrogens with two attached hydrogens (primary N) is 1. The second kappa shape index (κ2) is 3.66. The summed E-state index contributed by atoms with van der Waals surface area (Å²) in [4.78, 5) is 10.6. The topological polar surface area (TPSA) is 63.3 Å². The Balaban J connectivity index is 2.14. The Morgan fingerprint density at radius 2 is 2.33 bits per heavy atom. The molecule has 0 radical (unpaired) electrons. The van der Waals surface area contributed by atoms with Crippen molar-refractivity contribution in [3.05, 3.63) is 0 Å². The maximum Gasteiger partial charge on any atom is 0.324 e. The van der Waals surface area contributed by atoms with Crippen molar-refractivity contribution in [2.75, 3.05) is 11.5 Å². The average molecular weight is 189 g/mol. The van der Waals surface area contributed by atoms with E-state index in [2.05, 4.69) is 0 Å². The van der Waals surface area contributed by atoms with Crippen LogP contribution in [0.25, 0.3) is 0 Å². The van der Waals surface area contributed by atoms with Crippen LogP contribution in [-0.2, 0) is 4.79 Å². The zero-order chi connectivity index (χ0) is 9.19. The molecule has 0 saturated heterocycles. The second-order valence-electron chi connectivity index (χ2n) is 3.68. The Morgan fingerprint density at radius 3 is 2.75 bits per heavy atom. The first-order chi connectivity index (χ1) is 5.52. The summed E-state index contributed by atoms with van der Waals surface area (Å²) < 4.78 is 0. The van der Waals surface area contributed by atoms with Crippen molar-refractivity contribution in [1.82, 2.24) is 0 Å². The van der Waals surface area contributed by atoms with Crippen LogP contribution in [0.15, 0.2) is 0 Å². The highest BCUT2D eigenvalue weighted by Gasteiger charge is 2.29. The van der Waals surface area contributed by atoms with Gasteiger partial charge in [-0.05, 0) is 31.4 Å². The molecule has 0 aromatic carbocycles. The molecule has 0 amide bonds. The van der Waals surface area contributed by atoms with Gasteiger partial charge in [0.15, 0.2) is 0 Å². The van der Waals surface area contributed by atoms with Crippen LogP contribution in [0.4, 0.5) is 0 Å². The fourth-order valence-corrected chi connectivity index (χ4v) is 2.12. The fourth-order valence-electron chi connectivity index (χ4n) is 0.784. The molecule has 1 fully saturated rings. The number of carboxylic acids is 1. The van der Waals surface area contributed by atoms with Crippen LogP contribution >= 0.6 is 11.8 Å². The molecule has 3 nitrogen and oxygen atoms in total. The summed E-state index contributed by atoms with van der Waals surface area (Å²) in [6.07, 6.45) is 2.61. The minimum Gasteiger partial charge on any atom is -0.480 e. The average Bonchev–Trinajstić information content (AvgIpc) is 2.70. The molecule has 4 heteroatoms. The van der Waals surface area contributed by atoms with Crippen molar-refractivity contribution in [3.63, 3.8) is 0 Å². The molecular formula is C8H15NO2S. The molecular weight excluding hydrogens is 174 g/mol. The normalized spacial score (nSPS) is 21.8. The lowest BCUT2D eigenvalue weighted by Gasteiger charge is -2.17. The van der Waals surface area contributed by atoms with Crippen LogP contribution in [0.1, 0.15) is 19.8 Å². The number of carboxylic acid groups (broad SMARTS) is 1. The molecule has 3 N–H and O–H groups in total. The van der Waals surface area contributed by atoms with Crippen LogP contribution in [0, 0.1) is 5.92 Å². The molecule has 1 rings (SSSR count). The first-order valence-corrected chi connectivity index (χ1v) is 5.28. The van der Waals surface area contributed by atoms with Gasteiger partial charge >= 0.3 is 5.97 Å². The third-order valence-electron chi connectivity index (χ3n) is 1.94. The van der Waals surface area contributed by atoms with E-state index >= 15 is 0 Å². The van der Waals surface area contributed by atoms with Crippen LogP contribution < -0.4 is 5.73 Å². The molecule has 0 unspecified atom stereocenters. The van der Waals surface area contributed by atoms with Crippen molar-refractivity contribution >= 4 is 17.7 Å². The van der Waals surface area contributed by atoms with E-state index in [4.69, 9.17) is 10.8 Å². The summed E-state index contributed by atoms with van der Waals surface area (Å²) >= 11 is 1.65. The lowest BCUT2D eigenvalue weighted by molar-refractivity contribution is -0.141. The highest BCUT2D eigenvalue weighted by molar-refractivity contribution is 7.99. The standard InChI is InChI=1S/C8H15NO2S/c1-8(9,7(10)11)5-12-4-6-2-3-6/h6H,2-5,9H2,1H3,(H,10,11)/t8-/m0/s1. The predicted molar refractivity (Wildman–Crippen MR) is 50.3 cm³/mol. The lowest BCUT2D eigenvalue weighted by atomic mass is 10.1. The Kier molecular flexibility index (Phi) is 3.01. The summed E-state index contributed by atoms with van der Waals surface area (Å²) in [5.41, 5.74) is 4.49. The van der Waals surface area contributed by atoms with Gasteiger partial charge in [-0.25, -0.2) is 0 Å². The van der Waals surface area contributed by atoms with Gasteiger partial charge in [-0.3, -0.25) is 4.79 Å². The van der Waals surface area contributed by atoms with Crippen molar-refractivity contribution in [3.8, 4) is 0 Å². The number of hydrogen-bond donors (Lipinski definition) is 2. The number of thioether (sulfide) groups is 1. The van der Waals surface area contributed by atoms with Crippen LogP contribution in [0.3, 0.4) is 0 Å². The second-order valence-corrected chi connectivity index (χ2v) is 4.71. The smallest absolute Gasteiger partial charge is 0.324 e. The highest BCUT2D eigenvalue weighted by atomic mass is 32.2. The van der Waals surface area contributed by atoms with Crippen LogP contribution in [-0.4, -0.2) is 28.1 Å². The van der Waals surface area contributed by atoms with Gasteiger partial charge in [-0.15, -0.1) is 0 Å². The van der Waals surface area contributed by atoms with E-state index in [1.54, 1.807) is 18.7 Å². The van der Waals surface area contributed by atoms with Gasteiger partial charge in [0.25, 0.3) is 0 Å². The van der Waals surface area contributed by atoms with Crippen molar-refractivity contribution < 1.29 is 9.90 Å². The number of aliphatic carboxylic acids is 1. The third kappa shape index (κ3) is 3.03. The fraction of sp³-hybridized carbons (Fsp3) is 0.875. The Labute approximate surface area is 76.7 Å². The molecule has 1 saturated carbocycles. The molecule has 70 valence electrons. The maximum absolute atomic E-state index is 10.6. The SMILES string of the molecule is C[C@](N)(CSCC1CC1)C(=O)O. The summed E-state index contributed by atoms with van der Waals surface area (Å²) in [5.74, 6) is 1.50. The van der Waals surface area contributed by atoms with Gasteiger partial charge in [0.2, 0.25) is 0 Å². The monoisotopic (exact) mass is 189 g/mol. The van der Waals surface area contributed by atoms with Crippen molar-refractivity contribution in [2.45, 2.75) is 25.3 Å². The van der Waals surface area contributed by atoms with Gasteiger partial charge in [-0.2, -0.15) is 11.8 Å². The summed E-state index contributed by atoms with van der Waals surface area (Å²) in [6.45, 7) is 1.56. The van der Waals surface area contributed by atoms with E-state index in [-0.39, 0.29) is 0 Å². The minimum atomic E-state index is -1.06. The molecule has 0 aliphatic heterocycles. The largest absolute Gasteiger partial charge is 0.480 e. The first-order valence-electron chi connectivity index (χ1n) is 4.12. The van der Waals surface area contributed by atoms with E-state index in [0.717, 1.165) is 11.7 Å². The van der Waals surface area contributed by atoms with E-state index in [1.165, 1.54) is 12.8 Å². The molecule has 1 aliphatic carbocycles. The van der Waals surface area contributed by atoms with Gasteiger partial charge in [0.1, 0.15) is 5.54 Å². The number of rotatable bonds is 5. The van der Waals surface area contributed by atoms with Crippen molar-refractivity contribution in [1.29, 1.82) is 0 Å². The van der Waals surface area contributed by atoms with Gasteiger partial charge in [0, 0.05) is 5.75 Å². The zero-order valence-corrected chi connectivity index (χ0v) is 8.06. The molecule has 1 atom stereocenters. The molecule has 0 aromatic rings. The van der Waals surface area contributed by atoms with Crippen molar-refractivity contribution in [2.24, 2.45) is 11.7 Å². The molecule has 0 spiro atoms. The number of hydrogen-bond acceptors (Lipinski definition) is 3. The van der Waals surface area contributed by atoms with Gasteiger partial charge in [-0.1, -0.05) is 0 Å². The summed E-state index contributed by atoms with van der Waals surface area (Å²) in [6, 6.07) is 0. The Bertz CT molecular complexity index is 178. The molecule has 12 heavy (non-hydrogen) atoms. The lowest BCUT2D eigenvalue weighted by Crippen LogP contribution is -2.47. The van der Waals surface area contributed by atoms with E-state index in [9.17, 15) is 4.79 Å².